The number of piperazine rings is 1. The molecule has 0 spiro atoms. The zero-order valence-electron chi connectivity index (χ0n) is 9.71. The molecule has 0 saturated carbocycles. The standard InChI is InChI=1S/C11H21FN2O/c1-3-11(12,4-2)9-13-5-7-14(10-15)8-6-13/h10H,3-9H2,1-2H3. The number of amides is 1. The van der Waals surface area contributed by atoms with Crippen LogP contribution in [0.4, 0.5) is 4.39 Å². The summed E-state index contributed by atoms with van der Waals surface area (Å²) in [6.45, 7) is 7.35. The van der Waals surface area contributed by atoms with Gasteiger partial charge in [0.2, 0.25) is 6.41 Å². The Kier molecular flexibility index (Phi) is 4.51. The molecule has 1 fully saturated rings. The predicted molar refractivity (Wildman–Crippen MR) is 58.5 cm³/mol. The summed E-state index contributed by atoms with van der Waals surface area (Å²) in [6, 6.07) is 0. The first-order valence-corrected chi connectivity index (χ1v) is 5.74. The van der Waals surface area contributed by atoms with E-state index in [-0.39, 0.29) is 0 Å². The number of halogens is 1. The summed E-state index contributed by atoms with van der Waals surface area (Å²) in [5, 5.41) is 0. The molecule has 0 aromatic heterocycles. The van der Waals surface area contributed by atoms with Crippen LogP contribution in [-0.4, -0.2) is 54.6 Å². The first kappa shape index (κ1) is 12.4. The molecule has 0 aromatic carbocycles. The molecular formula is C11H21FN2O. The second-order valence-electron chi connectivity index (χ2n) is 4.28. The Labute approximate surface area is 91.2 Å². The minimum absolute atomic E-state index is 0.507. The number of nitrogens with zero attached hydrogens (tertiary/aromatic N) is 2. The van der Waals surface area contributed by atoms with Crippen molar-refractivity contribution in [1.29, 1.82) is 0 Å². The first-order chi connectivity index (χ1) is 7.13. The maximum Gasteiger partial charge on any atom is 0.209 e. The third-order valence-electron chi connectivity index (χ3n) is 3.33. The van der Waals surface area contributed by atoms with E-state index in [4.69, 9.17) is 0 Å². The van der Waals surface area contributed by atoms with Crippen molar-refractivity contribution in [3.05, 3.63) is 0 Å². The van der Waals surface area contributed by atoms with Gasteiger partial charge >= 0.3 is 0 Å². The van der Waals surface area contributed by atoms with Gasteiger partial charge in [-0.05, 0) is 12.8 Å². The monoisotopic (exact) mass is 216 g/mol. The van der Waals surface area contributed by atoms with Crippen molar-refractivity contribution in [2.45, 2.75) is 32.4 Å². The normalized spacial score (nSPS) is 19.3. The number of hydrogen-bond acceptors (Lipinski definition) is 2. The summed E-state index contributed by atoms with van der Waals surface area (Å²) >= 11 is 0. The molecule has 0 aliphatic carbocycles. The third-order valence-corrected chi connectivity index (χ3v) is 3.33. The predicted octanol–water partition coefficient (Wildman–Crippen LogP) is 1.29. The Bertz CT molecular complexity index is 199. The molecular weight excluding hydrogens is 195 g/mol. The highest BCUT2D eigenvalue weighted by molar-refractivity contribution is 5.47. The molecule has 0 bridgehead atoms. The Balaban J connectivity index is 2.37. The van der Waals surface area contributed by atoms with E-state index >= 15 is 0 Å². The molecule has 88 valence electrons. The van der Waals surface area contributed by atoms with Crippen LogP contribution in [0.15, 0.2) is 0 Å². The number of hydrogen-bond donors (Lipinski definition) is 0. The Hall–Kier alpha value is -0.640. The van der Waals surface area contributed by atoms with Gasteiger partial charge in [0, 0.05) is 32.7 Å². The second-order valence-corrected chi connectivity index (χ2v) is 4.28. The van der Waals surface area contributed by atoms with Crippen molar-refractivity contribution in [2.24, 2.45) is 0 Å². The number of carbonyl (C=O) groups excluding carboxylic acids is 1. The molecule has 1 amide bonds. The van der Waals surface area contributed by atoms with Crippen molar-refractivity contribution < 1.29 is 9.18 Å². The summed E-state index contributed by atoms with van der Waals surface area (Å²) in [5.41, 5.74) is -1.05. The van der Waals surface area contributed by atoms with E-state index in [1.807, 2.05) is 13.8 Å². The lowest BCUT2D eigenvalue weighted by atomic mass is 9.98. The van der Waals surface area contributed by atoms with E-state index in [1.165, 1.54) is 0 Å². The molecule has 0 aromatic rings. The van der Waals surface area contributed by atoms with Crippen LogP contribution in [0.25, 0.3) is 0 Å². The lowest BCUT2D eigenvalue weighted by molar-refractivity contribution is -0.119. The van der Waals surface area contributed by atoms with Crippen LogP contribution in [-0.2, 0) is 4.79 Å². The van der Waals surface area contributed by atoms with Gasteiger partial charge in [-0.1, -0.05) is 13.8 Å². The van der Waals surface area contributed by atoms with Gasteiger partial charge in [0.25, 0.3) is 0 Å². The van der Waals surface area contributed by atoms with Crippen LogP contribution >= 0.6 is 0 Å². The number of carbonyl (C=O) groups is 1. The maximum absolute atomic E-state index is 14.1. The summed E-state index contributed by atoms with van der Waals surface area (Å²) in [6.07, 6.45) is 2.01. The van der Waals surface area contributed by atoms with Gasteiger partial charge in [-0.2, -0.15) is 0 Å². The van der Waals surface area contributed by atoms with E-state index in [0.29, 0.717) is 19.4 Å². The number of rotatable bonds is 5. The molecule has 1 saturated heterocycles. The van der Waals surface area contributed by atoms with E-state index in [0.717, 1.165) is 32.6 Å². The smallest absolute Gasteiger partial charge is 0.209 e. The van der Waals surface area contributed by atoms with Crippen molar-refractivity contribution in [3.8, 4) is 0 Å². The molecule has 0 unspecified atom stereocenters. The Morgan fingerprint density at radius 2 is 1.73 bits per heavy atom. The SMILES string of the molecule is CCC(F)(CC)CN1CCN(C=O)CC1. The summed E-state index contributed by atoms with van der Waals surface area (Å²) in [4.78, 5) is 14.4. The largest absolute Gasteiger partial charge is 0.343 e. The van der Waals surface area contributed by atoms with Crippen LogP contribution in [0.2, 0.25) is 0 Å². The van der Waals surface area contributed by atoms with Crippen molar-refractivity contribution in [2.75, 3.05) is 32.7 Å². The zero-order valence-corrected chi connectivity index (χ0v) is 9.71. The van der Waals surface area contributed by atoms with Crippen LogP contribution in [0.5, 0.6) is 0 Å². The summed E-state index contributed by atoms with van der Waals surface area (Å²) in [5.74, 6) is 0. The molecule has 0 atom stereocenters. The average Bonchev–Trinajstić information content (AvgIpc) is 2.30. The van der Waals surface area contributed by atoms with E-state index in [2.05, 4.69) is 4.90 Å². The Morgan fingerprint density at radius 1 is 1.20 bits per heavy atom. The summed E-state index contributed by atoms with van der Waals surface area (Å²) < 4.78 is 14.1. The quantitative estimate of drug-likeness (QED) is 0.646. The maximum atomic E-state index is 14.1. The lowest BCUT2D eigenvalue weighted by Gasteiger charge is -2.36. The lowest BCUT2D eigenvalue weighted by Crippen LogP contribution is -2.50. The zero-order chi connectivity index (χ0) is 11.3. The Morgan fingerprint density at radius 3 is 2.13 bits per heavy atom. The van der Waals surface area contributed by atoms with Crippen molar-refractivity contribution in [3.63, 3.8) is 0 Å². The highest BCUT2D eigenvalue weighted by atomic mass is 19.1. The van der Waals surface area contributed by atoms with E-state index in [9.17, 15) is 9.18 Å². The van der Waals surface area contributed by atoms with Crippen molar-refractivity contribution >= 4 is 6.41 Å². The molecule has 4 heteroatoms. The molecule has 1 aliphatic heterocycles. The van der Waals surface area contributed by atoms with Crippen LogP contribution in [0.1, 0.15) is 26.7 Å². The second kappa shape index (κ2) is 5.45. The molecule has 0 N–H and O–H groups in total. The van der Waals surface area contributed by atoms with Gasteiger partial charge < -0.3 is 4.90 Å². The van der Waals surface area contributed by atoms with Gasteiger partial charge in [-0.25, -0.2) is 4.39 Å². The first-order valence-electron chi connectivity index (χ1n) is 5.74. The van der Waals surface area contributed by atoms with E-state index in [1.54, 1.807) is 4.90 Å². The summed E-state index contributed by atoms with van der Waals surface area (Å²) in [7, 11) is 0. The van der Waals surface area contributed by atoms with Gasteiger partial charge in [0.05, 0.1) is 0 Å². The van der Waals surface area contributed by atoms with Crippen LogP contribution in [0, 0.1) is 0 Å². The average molecular weight is 216 g/mol. The van der Waals surface area contributed by atoms with Gasteiger partial charge in [-0.3, -0.25) is 9.69 Å². The molecule has 15 heavy (non-hydrogen) atoms. The third kappa shape index (κ3) is 3.45. The molecule has 0 radical (unpaired) electrons. The topological polar surface area (TPSA) is 23.6 Å². The van der Waals surface area contributed by atoms with Gasteiger partial charge in [0.15, 0.2) is 0 Å². The number of alkyl halides is 1. The highest BCUT2D eigenvalue weighted by Crippen LogP contribution is 2.22. The minimum atomic E-state index is -1.05. The van der Waals surface area contributed by atoms with Gasteiger partial charge in [0.1, 0.15) is 5.67 Å². The van der Waals surface area contributed by atoms with Crippen LogP contribution in [0.3, 0.4) is 0 Å². The molecule has 3 nitrogen and oxygen atoms in total. The van der Waals surface area contributed by atoms with Crippen molar-refractivity contribution in [1.82, 2.24) is 9.80 Å². The molecule has 1 heterocycles. The highest BCUT2D eigenvalue weighted by Gasteiger charge is 2.29. The molecule has 1 rings (SSSR count). The fourth-order valence-electron chi connectivity index (χ4n) is 1.90. The van der Waals surface area contributed by atoms with Gasteiger partial charge in [-0.15, -0.1) is 0 Å². The minimum Gasteiger partial charge on any atom is -0.343 e. The fourth-order valence-corrected chi connectivity index (χ4v) is 1.90. The van der Waals surface area contributed by atoms with Crippen LogP contribution < -0.4 is 0 Å². The van der Waals surface area contributed by atoms with E-state index < -0.39 is 5.67 Å². The fraction of sp³-hybridized carbons (Fsp3) is 0.909. The molecule has 1 aliphatic rings.